The average molecular weight is 380 g/mol. The van der Waals surface area contributed by atoms with E-state index in [0.717, 1.165) is 28.2 Å². The van der Waals surface area contributed by atoms with Crippen LogP contribution in [0, 0.1) is 6.92 Å². The molecule has 0 bridgehead atoms. The first-order valence-corrected chi connectivity index (χ1v) is 9.39. The molecule has 1 N–H and O–H groups in total. The molecule has 2 aromatic carbocycles. The zero-order chi connectivity index (χ0) is 20.3. The maximum atomic E-state index is 13.1. The zero-order valence-electron chi connectivity index (χ0n) is 17.2. The largest absolute Gasteiger partial charge is 0.497 e. The van der Waals surface area contributed by atoms with E-state index in [4.69, 9.17) is 4.74 Å². The molecule has 6 heteroatoms. The number of aromatic nitrogens is 2. The summed E-state index contributed by atoms with van der Waals surface area (Å²) in [6.45, 7) is 2.64. The number of hydrogen-bond acceptors (Lipinski definition) is 4. The molecule has 0 aliphatic heterocycles. The van der Waals surface area contributed by atoms with Gasteiger partial charge >= 0.3 is 0 Å². The van der Waals surface area contributed by atoms with Crippen LogP contribution in [0.1, 0.15) is 23.0 Å². The van der Waals surface area contributed by atoms with Crippen molar-refractivity contribution < 1.29 is 9.53 Å². The van der Waals surface area contributed by atoms with Gasteiger partial charge in [0, 0.05) is 26.1 Å². The Morgan fingerprint density at radius 3 is 2.50 bits per heavy atom. The number of rotatable bonds is 7. The van der Waals surface area contributed by atoms with Crippen molar-refractivity contribution in [1.29, 1.82) is 0 Å². The lowest BCUT2D eigenvalue weighted by molar-refractivity contribution is -0.135. The molecular formula is C22H28N4O2. The highest BCUT2D eigenvalue weighted by molar-refractivity contribution is 5.83. The molecule has 0 saturated heterocycles. The third-order valence-electron chi connectivity index (χ3n) is 4.94. The fourth-order valence-electron chi connectivity index (χ4n) is 3.29. The molecule has 0 fully saturated rings. The number of carbonyl (C=O) groups is 1. The van der Waals surface area contributed by atoms with Crippen LogP contribution in [0.5, 0.6) is 5.75 Å². The number of aryl methyl sites for hydroxylation is 1. The number of methoxy groups -OCH3 is 1. The number of carbonyl (C=O) groups excluding carboxylic acids is 1. The predicted molar refractivity (Wildman–Crippen MR) is 112 cm³/mol. The normalized spacial score (nSPS) is 12.4. The maximum absolute atomic E-state index is 13.1. The molecule has 1 heterocycles. The van der Waals surface area contributed by atoms with Crippen LogP contribution in [-0.4, -0.2) is 60.5 Å². The maximum Gasteiger partial charge on any atom is 0.244 e. The first kappa shape index (κ1) is 19.9. The van der Waals surface area contributed by atoms with Crippen LogP contribution in [-0.2, 0) is 11.2 Å². The van der Waals surface area contributed by atoms with Crippen LogP contribution in [0.4, 0.5) is 0 Å². The van der Waals surface area contributed by atoms with Gasteiger partial charge in [0.25, 0.3) is 0 Å². The predicted octanol–water partition coefficient (Wildman–Crippen LogP) is 3.18. The molecular weight excluding hydrogens is 352 g/mol. The summed E-state index contributed by atoms with van der Waals surface area (Å²) in [5.41, 5.74) is 4.02. The molecule has 0 unspecified atom stereocenters. The zero-order valence-corrected chi connectivity index (χ0v) is 17.2. The summed E-state index contributed by atoms with van der Waals surface area (Å²) in [4.78, 5) is 24.7. The van der Waals surface area contributed by atoms with Crippen LogP contribution in [0.15, 0.2) is 42.5 Å². The number of nitrogens with zero attached hydrogens (tertiary/aromatic N) is 3. The van der Waals surface area contributed by atoms with Crippen LogP contribution in [0.2, 0.25) is 0 Å². The highest BCUT2D eigenvalue weighted by Crippen LogP contribution is 2.22. The highest BCUT2D eigenvalue weighted by Gasteiger charge is 2.25. The number of likely N-dealkylation sites (N-methyl/N-ethyl adjacent to an activating group) is 2. The van der Waals surface area contributed by atoms with Crippen molar-refractivity contribution in [2.45, 2.75) is 19.4 Å². The van der Waals surface area contributed by atoms with Gasteiger partial charge in [-0.25, -0.2) is 4.98 Å². The van der Waals surface area contributed by atoms with Crippen LogP contribution >= 0.6 is 0 Å². The van der Waals surface area contributed by atoms with E-state index in [1.165, 1.54) is 5.56 Å². The minimum atomic E-state index is -0.300. The Bertz CT molecular complexity index is 947. The fraction of sp³-hybridized carbons (Fsp3) is 0.364. The van der Waals surface area contributed by atoms with Gasteiger partial charge in [0.05, 0.1) is 18.1 Å². The van der Waals surface area contributed by atoms with Gasteiger partial charge in [-0.3, -0.25) is 9.69 Å². The van der Waals surface area contributed by atoms with Crippen LogP contribution < -0.4 is 4.74 Å². The molecule has 0 spiro atoms. The number of nitrogens with one attached hydrogen (secondary N) is 1. The van der Waals surface area contributed by atoms with E-state index in [1.54, 1.807) is 12.0 Å². The minimum Gasteiger partial charge on any atom is -0.497 e. The quantitative estimate of drug-likeness (QED) is 0.684. The molecule has 0 aliphatic rings. The lowest BCUT2D eigenvalue weighted by Crippen LogP contribution is -2.39. The monoisotopic (exact) mass is 380 g/mol. The molecule has 3 aromatic rings. The first-order chi connectivity index (χ1) is 13.4. The van der Waals surface area contributed by atoms with Crippen molar-refractivity contribution in [3.63, 3.8) is 0 Å². The van der Waals surface area contributed by atoms with Gasteiger partial charge < -0.3 is 14.6 Å². The Balaban J connectivity index is 1.69. The third-order valence-corrected chi connectivity index (χ3v) is 4.94. The molecule has 1 amide bonds. The van der Waals surface area contributed by atoms with Gasteiger partial charge in [0.15, 0.2) is 0 Å². The van der Waals surface area contributed by atoms with E-state index in [-0.39, 0.29) is 11.9 Å². The summed E-state index contributed by atoms with van der Waals surface area (Å²) >= 11 is 0. The lowest BCUT2D eigenvalue weighted by atomic mass is 10.0. The topological polar surface area (TPSA) is 61.5 Å². The fourth-order valence-corrected chi connectivity index (χ4v) is 3.29. The van der Waals surface area contributed by atoms with E-state index in [1.807, 2.05) is 75.4 Å². The number of ether oxygens (including phenoxy) is 1. The second kappa shape index (κ2) is 8.44. The number of imidazole rings is 1. The van der Waals surface area contributed by atoms with E-state index in [2.05, 4.69) is 9.97 Å². The van der Waals surface area contributed by atoms with Crippen molar-refractivity contribution in [3.05, 3.63) is 59.4 Å². The minimum absolute atomic E-state index is 0.0756. The molecule has 1 atom stereocenters. The van der Waals surface area contributed by atoms with E-state index in [9.17, 15) is 4.79 Å². The summed E-state index contributed by atoms with van der Waals surface area (Å²) in [6, 6.07) is 13.6. The summed E-state index contributed by atoms with van der Waals surface area (Å²) in [5, 5.41) is 0. The van der Waals surface area contributed by atoms with Gasteiger partial charge in [-0.15, -0.1) is 0 Å². The summed E-state index contributed by atoms with van der Waals surface area (Å²) in [7, 11) is 7.36. The smallest absolute Gasteiger partial charge is 0.244 e. The Kier molecular flexibility index (Phi) is 5.99. The van der Waals surface area contributed by atoms with Crippen molar-refractivity contribution in [2.24, 2.45) is 0 Å². The average Bonchev–Trinajstić information content (AvgIpc) is 3.09. The van der Waals surface area contributed by atoms with Gasteiger partial charge in [-0.05, 0) is 38.7 Å². The Morgan fingerprint density at radius 1 is 1.14 bits per heavy atom. The number of amides is 1. The van der Waals surface area contributed by atoms with Crippen molar-refractivity contribution in [3.8, 4) is 5.75 Å². The number of aromatic amines is 1. The molecule has 1 aromatic heterocycles. The Labute approximate surface area is 166 Å². The van der Waals surface area contributed by atoms with Gasteiger partial charge in [0.1, 0.15) is 17.6 Å². The lowest BCUT2D eigenvalue weighted by Gasteiger charge is -2.28. The molecule has 0 saturated carbocycles. The van der Waals surface area contributed by atoms with Crippen molar-refractivity contribution in [2.75, 3.05) is 34.8 Å². The SMILES string of the molecule is COc1ccc2nc(CCN(C)C(=O)[C@@H](c3ccc(C)cc3)N(C)C)[nH]c2c1. The first-order valence-electron chi connectivity index (χ1n) is 9.39. The molecule has 0 aliphatic carbocycles. The van der Waals surface area contributed by atoms with E-state index < -0.39 is 0 Å². The third kappa shape index (κ3) is 4.34. The Hall–Kier alpha value is -2.86. The molecule has 6 nitrogen and oxygen atoms in total. The van der Waals surface area contributed by atoms with E-state index in [0.29, 0.717) is 13.0 Å². The van der Waals surface area contributed by atoms with Gasteiger partial charge in [0.2, 0.25) is 5.91 Å². The number of hydrogen-bond donors (Lipinski definition) is 1. The number of fused-ring (bicyclic) bond motifs is 1. The Morgan fingerprint density at radius 2 is 1.86 bits per heavy atom. The summed E-state index contributed by atoms with van der Waals surface area (Å²) in [6.07, 6.45) is 0.660. The van der Waals surface area contributed by atoms with Crippen molar-refractivity contribution in [1.82, 2.24) is 19.8 Å². The second-order valence-corrected chi connectivity index (χ2v) is 7.35. The number of H-pyrrole nitrogens is 1. The van der Waals surface area contributed by atoms with Gasteiger partial charge in [-0.2, -0.15) is 0 Å². The van der Waals surface area contributed by atoms with E-state index >= 15 is 0 Å². The highest BCUT2D eigenvalue weighted by atomic mass is 16.5. The molecule has 0 radical (unpaired) electrons. The summed E-state index contributed by atoms with van der Waals surface area (Å²) < 4.78 is 5.25. The molecule has 3 rings (SSSR count). The van der Waals surface area contributed by atoms with Crippen molar-refractivity contribution >= 4 is 16.9 Å². The van der Waals surface area contributed by atoms with Crippen LogP contribution in [0.25, 0.3) is 11.0 Å². The standard InChI is InChI=1S/C22H28N4O2/c1-15-6-8-16(9-7-15)21(25(2)3)22(27)26(4)13-12-20-23-18-11-10-17(28-5)14-19(18)24-20/h6-11,14,21H,12-13H2,1-5H3,(H,23,24)/t21-/m1/s1. The summed E-state index contributed by atoms with van der Waals surface area (Å²) in [5.74, 6) is 1.73. The number of benzene rings is 2. The second-order valence-electron chi connectivity index (χ2n) is 7.35. The van der Waals surface area contributed by atoms with Gasteiger partial charge in [-0.1, -0.05) is 29.8 Å². The molecule has 148 valence electrons. The van der Waals surface area contributed by atoms with Crippen LogP contribution in [0.3, 0.4) is 0 Å². The molecule has 28 heavy (non-hydrogen) atoms.